The lowest BCUT2D eigenvalue weighted by molar-refractivity contribution is -0.116. The third kappa shape index (κ3) is 7.16. The Kier molecular flexibility index (Phi) is 8.18. The van der Waals surface area contributed by atoms with Crippen LogP contribution in [-0.4, -0.2) is 36.2 Å². The van der Waals surface area contributed by atoms with Crippen LogP contribution < -0.4 is 5.32 Å². The van der Waals surface area contributed by atoms with Crippen molar-refractivity contribution in [3.05, 3.63) is 70.5 Å². The van der Waals surface area contributed by atoms with Crippen molar-refractivity contribution in [3.8, 4) is 0 Å². The first kappa shape index (κ1) is 25.5. The molecule has 32 heavy (non-hydrogen) atoms. The van der Waals surface area contributed by atoms with Gasteiger partial charge in [0.2, 0.25) is 0 Å². The zero-order chi connectivity index (χ0) is 24.1. The number of aldehydes is 1. The van der Waals surface area contributed by atoms with Crippen molar-refractivity contribution in [2.75, 3.05) is 6.61 Å². The summed E-state index contributed by atoms with van der Waals surface area (Å²) in [6.45, 7) is 12.4. The van der Waals surface area contributed by atoms with Gasteiger partial charge in [0.1, 0.15) is 23.2 Å². The molecule has 0 spiro atoms. The SMILES string of the molecule is Cc1ccc([C@H](c2ccc(C)cc2F)[C@H](C)OC[C@@](C)(C=O)NC(=O)OC(C)(C)C)cc1. The van der Waals surface area contributed by atoms with Crippen molar-refractivity contribution in [2.24, 2.45) is 0 Å². The van der Waals surface area contributed by atoms with Crippen LogP contribution in [0.15, 0.2) is 42.5 Å². The molecule has 2 aromatic rings. The molecule has 0 aliphatic heterocycles. The minimum absolute atomic E-state index is 0.0905. The molecule has 5 nitrogen and oxygen atoms in total. The Bertz CT molecular complexity index is 936. The third-order valence-corrected chi connectivity index (χ3v) is 5.09. The summed E-state index contributed by atoms with van der Waals surface area (Å²) in [6.07, 6.45) is -0.561. The van der Waals surface area contributed by atoms with E-state index in [1.807, 2.05) is 51.1 Å². The van der Waals surface area contributed by atoms with E-state index in [-0.39, 0.29) is 12.4 Å². The van der Waals surface area contributed by atoms with Gasteiger partial charge in [-0.25, -0.2) is 9.18 Å². The number of carbonyl (C=O) groups is 2. The van der Waals surface area contributed by atoms with E-state index >= 15 is 0 Å². The first-order valence-corrected chi connectivity index (χ1v) is 10.8. The van der Waals surface area contributed by atoms with Gasteiger partial charge in [-0.2, -0.15) is 0 Å². The van der Waals surface area contributed by atoms with Gasteiger partial charge in [-0.1, -0.05) is 42.0 Å². The fraction of sp³-hybridized carbons (Fsp3) is 0.462. The monoisotopic (exact) mass is 443 g/mol. The predicted octanol–water partition coefficient (Wildman–Crippen LogP) is 5.46. The standard InChI is InChI=1S/C26H34FNO4/c1-17-8-11-20(12-9-17)23(21-13-10-18(2)14-22(21)27)19(3)31-16-26(7,15-29)28-24(30)32-25(4,5)6/h8-15,19,23H,16H2,1-7H3,(H,28,30)/t19-,23+,26+/m0/s1. The van der Waals surface area contributed by atoms with Crippen LogP contribution in [0.1, 0.15) is 62.8 Å². The highest BCUT2D eigenvalue weighted by Gasteiger charge is 2.32. The lowest BCUT2D eigenvalue weighted by Gasteiger charge is -2.31. The van der Waals surface area contributed by atoms with E-state index in [2.05, 4.69) is 5.32 Å². The lowest BCUT2D eigenvalue weighted by atomic mass is 9.86. The molecule has 2 aromatic carbocycles. The quantitative estimate of drug-likeness (QED) is 0.550. The van der Waals surface area contributed by atoms with E-state index in [0.29, 0.717) is 11.8 Å². The Labute approximate surface area is 190 Å². The number of halogens is 1. The second-order valence-corrected chi connectivity index (χ2v) is 9.59. The Hall–Kier alpha value is -2.73. The number of benzene rings is 2. The van der Waals surface area contributed by atoms with Crippen LogP contribution in [0.5, 0.6) is 0 Å². The molecule has 0 fully saturated rings. The molecule has 2 rings (SSSR count). The molecule has 0 aliphatic rings. The van der Waals surface area contributed by atoms with Crippen LogP contribution in [0.4, 0.5) is 9.18 Å². The topological polar surface area (TPSA) is 64.6 Å². The van der Waals surface area contributed by atoms with Gasteiger partial charge in [0, 0.05) is 5.92 Å². The highest BCUT2D eigenvalue weighted by Crippen LogP contribution is 2.32. The predicted molar refractivity (Wildman–Crippen MR) is 123 cm³/mol. The third-order valence-electron chi connectivity index (χ3n) is 5.09. The van der Waals surface area contributed by atoms with Gasteiger partial charge in [0.05, 0.1) is 12.7 Å². The van der Waals surface area contributed by atoms with Crippen LogP contribution in [0.2, 0.25) is 0 Å². The summed E-state index contributed by atoms with van der Waals surface area (Å²) in [5.74, 6) is -0.704. The number of alkyl carbamates (subject to hydrolysis) is 1. The Morgan fingerprint density at radius 1 is 1.06 bits per heavy atom. The molecular formula is C26H34FNO4. The zero-order valence-corrected chi connectivity index (χ0v) is 20.0. The largest absolute Gasteiger partial charge is 0.444 e. The van der Waals surface area contributed by atoms with Crippen molar-refractivity contribution in [2.45, 2.75) is 71.6 Å². The molecule has 0 heterocycles. The van der Waals surface area contributed by atoms with Crippen LogP contribution in [0.3, 0.4) is 0 Å². The number of hydrogen-bond donors (Lipinski definition) is 1. The molecule has 3 atom stereocenters. The van der Waals surface area contributed by atoms with Gasteiger partial charge in [-0.05, 0) is 71.2 Å². The molecule has 0 unspecified atom stereocenters. The number of aryl methyl sites for hydroxylation is 2. The van der Waals surface area contributed by atoms with Crippen molar-refractivity contribution < 1.29 is 23.5 Å². The Morgan fingerprint density at radius 3 is 2.19 bits per heavy atom. The van der Waals surface area contributed by atoms with Crippen LogP contribution >= 0.6 is 0 Å². The van der Waals surface area contributed by atoms with Gasteiger partial charge < -0.3 is 19.6 Å². The molecule has 1 N–H and O–H groups in total. The number of ether oxygens (including phenoxy) is 2. The molecule has 1 amide bonds. The summed E-state index contributed by atoms with van der Waals surface area (Å²) >= 11 is 0. The number of rotatable bonds is 8. The van der Waals surface area contributed by atoms with Gasteiger partial charge in [0.25, 0.3) is 0 Å². The number of hydrogen-bond acceptors (Lipinski definition) is 4. The second-order valence-electron chi connectivity index (χ2n) is 9.59. The average Bonchev–Trinajstić information content (AvgIpc) is 2.68. The lowest BCUT2D eigenvalue weighted by Crippen LogP contribution is -2.52. The van der Waals surface area contributed by atoms with Gasteiger partial charge >= 0.3 is 6.09 Å². The summed E-state index contributed by atoms with van der Waals surface area (Å²) in [6, 6.07) is 13.0. The first-order chi connectivity index (χ1) is 14.8. The second kappa shape index (κ2) is 10.3. The summed E-state index contributed by atoms with van der Waals surface area (Å²) in [5, 5.41) is 2.57. The fourth-order valence-corrected chi connectivity index (χ4v) is 3.40. The maximum absolute atomic E-state index is 14.9. The molecule has 6 heteroatoms. The summed E-state index contributed by atoms with van der Waals surface area (Å²) in [7, 11) is 0. The van der Waals surface area contributed by atoms with E-state index in [1.54, 1.807) is 33.8 Å². The summed E-state index contributed by atoms with van der Waals surface area (Å²) in [5.41, 5.74) is 1.36. The Balaban J connectivity index is 2.25. The van der Waals surface area contributed by atoms with Crippen LogP contribution in [0, 0.1) is 19.7 Å². The van der Waals surface area contributed by atoms with E-state index < -0.39 is 29.3 Å². The van der Waals surface area contributed by atoms with Crippen LogP contribution in [0.25, 0.3) is 0 Å². The Morgan fingerprint density at radius 2 is 1.66 bits per heavy atom. The van der Waals surface area contributed by atoms with Crippen molar-refractivity contribution in [1.82, 2.24) is 5.32 Å². The molecule has 0 bridgehead atoms. The molecule has 0 saturated carbocycles. The van der Waals surface area contributed by atoms with Crippen molar-refractivity contribution >= 4 is 12.4 Å². The van der Waals surface area contributed by atoms with E-state index in [1.165, 1.54) is 6.07 Å². The van der Waals surface area contributed by atoms with E-state index in [0.717, 1.165) is 16.7 Å². The normalized spacial score (nSPS) is 15.4. The molecular weight excluding hydrogens is 409 g/mol. The number of amides is 1. The zero-order valence-electron chi connectivity index (χ0n) is 20.0. The highest BCUT2D eigenvalue weighted by molar-refractivity contribution is 5.76. The minimum Gasteiger partial charge on any atom is -0.444 e. The van der Waals surface area contributed by atoms with Crippen LogP contribution in [-0.2, 0) is 14.3 Å². The van der Waals surface area contributed by atoms with Gasteiger partial charge in [0.15, 0.2) is 0 Å². The van der Waals surface area contributed by atoms with Gasteiger partial charge in [-0.15, -0.1) is 0 Å². The van der Waals surface area contributed by atoms with Crippen molar-refractivity contribution in [1.29, 1.82) is 0 Å². The molecule has 174 valence electrons. The molecule has 0 aliphatic carbocycles. The van der Waals surface area contributed by atoms with E-state index in [4.69, 9.17) is 9.47 Å². The molecule has 0 aromatic heterocycles. The number of nitrogens with one attached hydrogen (secondary N) is 1. The smallest absolute Gasteiger partial charge is 0.408 e. The fourth-order valence-electron chi connectivity index (χ4n) is 3.40. The van der Waals surface area contributed by atoms with Crippen molar-refractivity contribution in [3.63, 3.8) is 0 Å². The average molecular weight is 444 g/mol. The number of carbonyl (C=O) groups excluding carboxylic acids is 2. The van der Waals surface area contributed by atoms with Gasteiger partial charge in [-0.3, -0.25) is 0 Å². The maximum atomic E-state index is 14.9. The van der Waals surface area contributed by atoms with E-state index in [9.17, 15) is 14.0 Å². The molecule has 0 radical (unpaired) electrons. The minimum atomic E-state index is -1.29. The summed E-state index contributed by atoms with van der Waals surface area (Å²) in [4.78, 5) is 23.9. The first-order valence-electron chi connectivity index (χ1n) is 10.8. The highest BCUT2D eigenvalue weighted by atomic mass is 19.1. The molecule has 0 saturated heterocycles. The summed E-state index contributed by atoms with van der Waals surface area (Å²) < 4.78 is 26.2. The maximum Gasteiger partial charge on any atom is 0.408 e.